The fourth-order valence-corrected chi connectivity index (χ4v) is 3.17. The lowest BCUT2D eigenvalue weighted by Crippen LogP contribution is -2.51. The van der Waals surface area contributed by atoms with Crippen LogP contribution in [0, 0.1) is 10.5 Å². The highest BCUT2D eigenvalue weighted by Gasteiger charge is 2.34. The molecule has 0 spiro atoms. The molecule has 0 bridgehead atoms. The van der Waals surface area contributed by atoms with Gasteiger partial charge < -0.3 is 11.1 Å². The van der Waals surface area contributed by atoms with E-state index >= 15 is 0 Å². The summed E-state index contributed by atoms with van der Waals surface area (Å²) in [6.07, 6.45) is 4.31. The van der Waals surface area contributed by atoms with Crippen molar-refractivity contribution in [1.29, 1.82) is 0 Å². The van der Waals surface area contributed by atoms with Crippen LogP contribution in [0.2, 0.25) is 0 Å². The molecule has 1 aromatic rings. The molecule has 0 unspecified atom stereocenters. The quantitative estimate of drug-likeness (QED) is 0.774. The maximum Gasteiger partial charge on any atom is 0.252 e. The van der Waals surface area contributed by atoms with Crippen molar-refractivity contribution in [1.82, 2.24) is 5.32 Å². The van der Waals surface area contributed by atoms with E-state index in [2.05, 4.69) is 27.9 Å². The summed E-state index contributed by atoms with van der Waals surface area (Å²) >= 11 is 2.23. The average Bonchev–Trinajstić information content (AvgIpc) is 2.81. The molecule has 1 amide bonds. The number of hydrogen-bond donors (Lipinski definition) is 2. The smallest absolute Gasteiger partial charge is 0.252 e. The van der Waals surface area contributed by atoms with E-state index in [1.807, 2.05) is 25.1 Å². The van der Waals surface area contributed by atoms with Crippen LogP contribution in [-0.4, -0.2) is 18.0 Å². The van der Waals surface area contributed by atoms with Crippen LogP contribution < -0.4 is 11.1 Å². The maximum absolute atomic E-state index is 12.4. The van der Waals surface area contributed by atoms with Crippen LogP contribution in [-0.2, 0) is 0 Å². The first-order valence-corrected chi connectivity index (χ1v) is 7.43. The zero-order valence-corrected chi connectivity index (χ0v) is 14.0. The molecule has 0 saturated heterocycles. The molecule has 0 aliphatic heterocycles. The lowest BCUT2D eigenvalue weighted by Gasteiger charge is -2.29. The van der Waals surface area contributed by atoms with Gasteiger partial charge >= 0.3 is 0 Å². The minimum atomic E-state index is -0.177. The van der Waals surface area contributed by atoms with Gasteiger partial charge in [-0.15, -0.1) is 12.4 Å². The van der Waals surface area contributed by atoms with Crippen LogP contribution in [0.4, 0.5) is 0 Å². The lowest BCUT2D eigenvalue weighted by molar-refractivity contribution is 0.0902. The van der Waals surface area contributed by atoms with E-state index in [0.717, 1.165) is 40.4 Å². The zero-order chi connectivity index (χ0) is 13.2. The molecule has 1 saturated carbocycles. The molecule has 106 valence electrons. The summed E-state index contributed by atoms with van der Waals surface area (Å²) in [5, 5.41) is 3.16. The lowest BCUT2D eigenvalue weighted by atomic mass is 9.97. The van der Waals surface area contributed by atoms with Crippen molar-refractivity contribution in [2.75, 3.05) is 6.54 Å². The minimum Gasteiger partial charge on any atom is -0.345 e. The molecule has 5 heteroatoms. The normalized spacial score (nSPS) is 16.8. The first-order chi connectivity index (χ1) is 8.58. The van der Waals surface area contributed by atoms with Gasteiger partial charge in [0.1, 0.15) is 0 Å². The molecular formula is C14H20ClIN2O. The minimum absolute atomic E-state index is 0. The van der Waals surface area contributed by atoms with Crippen LogP contribution >= 0.6 is 35.0 Å². The Bertz CT molecular complexity index is 459. The van der Waals surface area contributed by atoms with Gasteiger partial charge in [-0.3, -0.25) is 4.79 Å². The standard InChI is InChI=1S/C14H19IN2O.ClH/c1-10-5-4-6-11(12(10)15)13(18)17-14(9-16)7-2-3-8-14;/h4-6H,2-3,7-9,16H2,1H3,(H,17,18);1H. The monoisotopic (exact) mass is 394 g/mol. The van der Waals surface area contributed by atoms with Crippen LogP contribution in [0.5, 0.6) is 0 Å². The van der Waals surface area contributed by atoms with Gasteiger partial charge in [0.25, 0.3) is 5.91 Å². The van der Waals surface area contributed by atoms with Gasteiger partial charge in [0, 0.05) is 10.1 Å². The SMILES string of the molecule is Cc1cccc(C(=O)NC2(CN)CCCC2)c1I.Cl. The Balaban J connectivity index is 0.00000180. The predicted molar refractivity (Wildman–Crippen MR) is 88.9 cm³/mol. The van der Waals surface area contributed by atoms with Crippen molar-refractivity contribution in [3.05, 3.63) is 32.9 Å². The number of nitrogens with one attached hydrogen (secondary N) is 1. The van der Waals surface area contributed by atoms with E-state index < -0.39 is 0 Å². The number of halogens is 2. The summed E-state index contributed by atoms with van der Waals surface area (Å²) in [5.74, 6) is 0.00968. The Hall–Kier alpha value is -0.330. The van der Waals surface area contributed by atoms with Gasteiger partial charge in [-0.2, -0.15) is 0 Å². The van der Waals surface area contributed by atoms with Gasteiger partial charge in [-0.05, 0) is 54.0 Å². The number of carbonyl (C=O) groups excluding carboxylic acids is 1. The van der Waals surface area contributed by atoms with Crippen molar-refractivity contribution in [2.24, 2.45) is 5.73 Å². The van der Waals surface area contributed by atoms with Gasteiger partial charge in [0.15, 0.2) is 0 Å². The molecule has 1 aliphatic rings. The first-order valence-electron chi connectivity index (χ1n) is 6.36. The van der Waals surface area contributed by atoms with E-state index in [0.29, 0.717) is 6.54 Å². The molecule has 2 rings (SSSR count). The third-order valence-corrected chi connectivity index (χ3v) is 5.20. The van der Waals surface area contributed by atoms with Crippen molar-refractivity contribution >= 4 is 40.9 Å². The van der Waals surface area contributed by atoms with Gasteiger partial charge in [0.2, 0.25) is 0 Å². The fraction of sp³-hybridized carbons (Fsp3) is 0.500. The number of nitrogens with two attached hydrogens (primary N) is 1. The van der Waals surface area contributed by atoms with E-state index in [9.17, 15) is 4.79 Å². The first kappa shape index (κ1) is 16.7. The molecule has 3 N–H and O–H groups in total. The predicted octanol–water partition coefficient (Wildman–Crippen LogP) is 3.02. The number of benzene rings is 1. The molecule has 1 fully saturated rings. The number of hydrogen-bond acceptors (Lipinski definition) is 2. The highest BCUT2D eigenvalue weighted by atomic mass is 127. The number of aryl methyl sites for hydroxylation is 1. The van der Waals surface area contributed by atoms with E-state index in [1.54, 1.807) is 0 Å². The highest BCUT2D eigenvalue weighted by Crippen LogP contribution is 2.29. The van der Waals surface area contributed by atoms with Gasteiger partial charge in [-0.1, -0.05) is 25.0 Å². The van der Waals surface area contributed by atoms with Crippen LogP contribution in [0.3, 0.4) is 0 Å². The third kappa shape index (κ3) is 3.61. The largest absolute Gasteiger partial charge is 0.345 e. The van der Waals surface area contributed by atoms with Crippen molar-refractivity contribution in [2.45, 2.75) is 38.1 Å². The van der Waals surface area contributed by atoms with E-state index in [4.69, 9.17) is 5.73 Å². The van der Waals surface area contributed by atoms with Crippen LogP contribution in [0.15, 0.2) is 18.2 Å². The maximum atomic E-state index is 12.4. The van der Waals surface area contributed by atoms with Crippen molar-refractivity contribution in [3.63, 3.8) is 0 Å². The second-order valence-corrected chi connectivity index (χ2v) is 6.16. The van der Waals surface area contributed by atoms with Gasteiger partial charge in [0.05, 0.1) is 11.1 Å². The Morgan fingerprint density at radius 3 is 2.63 bits per heavy atom. The zero-order valence-electron chi connectivity index (χ0n) is 11.0. The molecular weight excluding hydrogens is 375 g/mol. The number of rotatable bonds is 3. The Labute approximate surface area is 134 Å². The molecule has 19 heavy (non-hydrogen) atoms. The Morgan fingerprint density at radius 1 is 1.42 bits per heavy atom. The topological polar surface area (TPSA) is 55.1 Å². The molecule has 0 aromatic heterocycles. The second kappa shape index (κ2) is 6.90. The molecule has 1 aliphatic carbocycles. The number of carbonyl (C=O) groups is 1. The summed E-state index contributed by atoms with van der Waals surface area (Å²) < 4.78 is 1.03. The summed E-state index contributed by atoms with van der Waals surface area (Å²) in [5.41, 5.74) is 7.57. The van der Waals surface area contributed by atoms with Crippen LogP contribution in [0.25, 0.3) is 0 Å². The number of amides is 1. The summed E-state index contributed by atoms with van der Waals surface area (Å²) in [4.78, 5) is 12.4. The average molecular weight is 395 g/mol. The highest BCUT2D eigenvalue weighted by molar-refractivity contribution is 14.1. The summed E-state index contributed by atoms with van der Waals surface area (Å²) in [6.45, 7) is 2.55. The van der Waals surface area contributed by atoms with E-state index in [-0.39, 0.29) is 23.9 Å². The van der Waals surface area contributed by atoms with Gasteiger partial charge in [-0.25, -0.2) is 0 Å². The molecule has 0 atom stereocenters. The Kier molecular flexibility index (Phi) is 6.08. The molecule has 0 radical (unpaired) electrons. The summed E-state index contributed by atoms with van der Waals surface area (Å²) in [6, 6.07) is 5.83. The summed E-state index contributed by atoms with van der Waals surface area (Å²) in [7, 11) is 0. The fourth-order valence-electron chi connectivity index (χ4n) is 2.56. The van der Waals surface area contributed by atoms with Crippen molar-refractivity contribution < 1.29 is 4.79 Å². The molecule has 3 nitrogen and oxygen atoms in total. The van der Waals surface area contributed by atoms with Crippen molar-refractivity contribution in [3.8, 4) is 0 Å². The van der Waals surface area contributed by atoms with Crippen LogP contribution in [0.1, 0.15) is 41.6 Å². The second-order valence-electron chi connectivity index (χ2n) is 5.08. The Morgan fingerprint density at radius 2 is 2.05 bits per heavy atom. The molecule has 1 aromatic carbocycles. The molecule has 0 heterocycles. The third-order valence-electron chi connectivity index (χ3n) is 3.77. The van der Waals surface area contributed by atoms with E-state index in [1.165, 1.54) is 0 Å².